The summed E-state index contributed by atoms with van der Waals surface area (Å²) in [5.41, 5.74) is 5.74. The molecule has 0 aromatic heterocycles. The van der Waals surface area contributed by atoms with Crippen molar-refractivity contribution in [2.45, 2.75) is 186 Å². The van der Waals surface area contributed by atoms with Crippen LogP contribution in [0, 0.1) is 0 Å². The lowest BCUT2D eigenvalue weighted by molar-refractivity contribution is -0.254. The van der Waals surface area contributed by atoms with Gasteiger partial charge in [0.15, 0.2) is 6.23 Å². The number of amides is 1. The summed E-state index contributed by atoms with van der Waals surface area (Å²) in [6, 6.07) is 0. The van der Waals surface area contributed by atoms with Crippen LogP contribution in [-0.2, 0) is 9.53 Å². The van der Waals surface area contributed by atoms with E-state index in [-0.39, 0.29) is 12.5 Å². The molecular weight excluding hydrogens is 492 g/mol. The van der Waals surface area contributed by atoms with E-state index in [0.29, 0.717) is 13.0 Å². The molecule has 1 heterocycles. The maximum atomic E-state index is 13.3. The van der Waals surface area contributed by atoms with E-state index in [0.717, 1.165) is 38.5 Å². The van der Waals surface area contributed by atoms with Crippen LogP contribution >= 0.6 is 0 Å². The minimum Gasteiger partial charge on any atom is -0.388 e. The van der Waals surface area contributed by atoms with E-state index in [4.69, 9.17) is 10.5 Å². The summed E-state index contributed by atoms with van der Waals surface area (Å²) in [6.45, 7) is 4.98. The molecule has 0 aliphatic carbocycles. The maximum Gasteiger partial charge on any atom is 0.224 e. The maximum absolute atomic E-state index is 13.3. The highest BCUT2D eigenvalue weighted by molar-refractivity contribution is 5.76. The van der Waals surface area contributed by atoms with Crippen molar-refractivity contribution in [3.63, 3.8) is 0 Å². The first kappa shape index (κ1) is 36.3. The van der Waals surface area contributed by atoms with Crippen LogP contribution in [0.4, 0.5) is 0 Å². The van der Waals surface area contributed by atoms with Gasteiger partial charge in [-0.05, 0) is 12.8 Å². The third-order valence-corrected chi connectivity index (χ3v) is 8.29. The summed E-state index contributed by atoms with van der Waals surface area (Å²) in [7, 11) is 0. The molecule has 7 nitrogen and oxygen atoms in total. The van der Waals surface area contributed by atoms with Crippen molar-refractivity contribution in [3.05, 3.63) is 0 Å². The largest absolute Gasteiger partial charge is 0.388 e. The second-order valence-electron chi connectivity index (χ2n) is 11.8. The van der Waals surface area contributed by atoms with E-state index in [1.165, 1.54) is 96.3 Å². The van der Waals surface area contributed by atoms with Gasteiger partial charge >= 0.3 is 0 Å². The Bertz CT molecular complexity index is 577. The lowest BCUT2D eigenvalue weighted by atomic mass is 9.97. The Morgan fingerprint density at radius 1 is 0.615 bits per heavy atom. The summed E-state index contributed by atoms with van der Waals surface area (Å²) >= 11 is 0. The molecule has 0 aromatic carbocycles. The summed E-state index contributed by atoms with van der Waals surface area (Å²) in [4.78, 5) is 14.9. The topological polar surface area (TPSA) is 116 Å². The molecule has 0 aromatic rings. The molecule has 1 saturated heterocycles. The van der Waals surface area contributed by atoms with Crippen LogP contribution in [0.15, 0.2) is 0 Å². The smallest absolute Gasteiger partial charge is 0.224 e. The predicted molar refractivity (Wildman–Crippen MR) is 160 cm³/mol. The van der Waals surface area contributed by atoms with Gasteiger partial charge in [-0.1, -0.05) is 136 Å². The number of rotatable bonds is 25. The molecule has 7 heteroatoms. The second-order valence-corrected chi connectivity index (χ2v) is 11.8. The fourth-order valence-corrected chi connectivity index (χ4v) is 5.63. The number of hydrogen-bond acceptors (Lipinski definition) is 6. The molecule has 39 heavy (non-hydrogen) atoms. The van der Waals surface area contributed by atoms with Crippen molar-refractivity contribution < 1.29 is 24.9 Å². The number of nitrogens with two attached hydrogens (primary N) is 1. The van der Waals surface area contributed by atoms with Gasteiger partial charge < -0.3 is 30.7 Å². The van der Waals surface area contributed by atoms with E-state index >= 15 is 0 Å². The van der Waals surface area contributed by atoms with Gasteiger partial charge in [-0.3, -0.25) is 4.79 Å². The molecule has 1 aliphatic rings. The first-order valence-corrected chi connectivity index (χ1v) is 16.7. The zero-order valence-electron chi connectivity index (χ0n) is 25.5. The van der Waals surface area contributed by atoms with Crippen LogP contribution in [0.25, 0.3) is 0 Å². The van der Waals surface area contributed by atoms with Gasteiger partial charge in [-0.2, -0.15) is 0 Å². The average molecular weight is 557 g/mol. The zero-order valence-corrected chi connectivity index (χ0v) is 25.5. The average Bonchev–Trinajstić information content (AvgIpc) is 2.94. The molecule has 5 N–H and O–H groups in total. The third kappa shape index (κ3) is 15.7. The number of carbonyl (C=O) groups is 1. The summed E-state index contributed by atoms with van der Waals surface area (Å²) in [5, 5.41) is 31.3. The molecule has 1 rings (SSSR count). The van der Waals surface area contributed by atoms with Gasteiger partial charge in [-0.25, -0.2) is 0 Å². The standard InChI is InChI=1S/C32H64N2O5/c1-3-5-7-9-11-13-14-15-17-19-21-23-25-34(32-31(38)30(37)29(36)27(26-33)39-32)28(35)24-22-20-18-16-12-10-8-6-4-2/h27,29-32,36-38H,3-26,33H2,1-2H3/t27-,29-,30+,31+,32-/m1/s1. The summed E-state index contributed by atoms with van der Waals surface area (Å²) in [5.74, 6) is -0.0515. The Kier molecular flexibility index (Phi) is 22.3. The minimum absolute atomic E-state index is 0.0142. The molecule has 1 amide bonds. The van der Waals surface area contributed by atoms with E-state index in [2.05, 4.69) is 13.8 Å². The van der Waals surface area contributed by atoms with Crippen LogP contribution in [0.2, 0.25) is 0 Å². The SMILES string of the molecule is CCCCCCCCCCCCCCN(C(=O)CCCCCCCCCCC)[C@@H]1O[C@H](CN)[C@@H](O)[C@H](O)[C@@H]1O. The van der Waals surface area contributed by atoms with Crippen molar-refractivity contribution in [1.29, 1.82) is 0 Å². The highest BCUT2D eigenvalue weighted by Crippen LogP contribution is 2.25. The van der Waals surface area contributed by atoms with Crippen LogP contribution in [0.5, 0.6) is 0 Å². The Hall–Kier alpha value is -0.730. The lowest BCUT2D eigenvalue weighted by Gasteiger charge is -2.45. The molecule has 0 spiro atoms. The van der Waals surface area contributed by atoms with Crippen LogP contribution in [0.1, 0.15) is 155 Å². The normalized spacial score (nSPS) is 23.3. The second kappa shape index (κ2) is 23.9. The molecule has 0 bridgehead atoms. The van der Waals surface area contributed by atoms with Gasteiger partial charge in [0, 0.05) is 19.5 Å². The summed E-state index contributed by atoms with van der Waals surface area (Å²) < 4.78 is 5.88. The fraction of sp³-hybridized carbons (Fsp3) is 0.969. The fourth-order valence-electron chi connectivity index (χ4n) is 5.63. The highest BCUT2D eigenvalue weighted by Gasteiger charge is 2.46. The minimum atomic E-state index is -1.39. The number of nitrogens with zero attached hydrogens (tertiary/aromatic N) is 1. The molecule has 0 saturated carbocycles. The van der Waals surface area contributed by atoms with Gasteiger partial charge in [0.1, 0.15) is 24.4 Å². The van der Waals surface area contributed by atoms with Crippen LogP contribution in [-0.4, -0.2) is 69.9 Å². The Balaban J connectivity index is 2.44. The number of carbonyl (C=O) groups excluding carboxylic acids is 1. The van der Waals surface area contributed by atoms with Crippen molar-refractivity contribution in [2.24, 2.45) is 5.73 Å². The summed E-state index contributed by atoms with van der Waals surface area (Å²) in [6.07, 6.45) is 20.1. The number of ether oxygens (including phenoxy) is 1. The molecular formula is C32H64N2O5. The molecule has 0 unspecified atom stereocenters. The van der Waals surface area contributed by atoms with E-state index in [1.807, 2.05) is 0 Å². The lowest BCUT2D eigenvalue weighted by Crippen LogP contribution is -2.64. The van der Waals surface area contributed by atoms with Crippen LogP contribution in [0.3, 0.4) is 0 Å². The molecule has 5 atom stereocenters. The van der Waals surface area contributed by atoms with Gasteiger partial charge in [0.05, 0.1) is 0 Å². The van der Waals surface area contributed by atoms with Crippen LogP contribution < -0.4 is 5.73 Å². The zero-order chi connectivity index (χ0) is 28.7. The monoisotopic (exact) mass is 556 g/mol. The highest BCUT2D eigenvalue weighted by atomic mass is 16.6. The Morgan fingerprint density at radius 3 is 1.46 bits per heavy atom. The number of aliphatic hydroxyl groups is 3. The number of unbranched alkanes of at least 4 members (excludes halogenated alkanes) is 19. The van der Waals surface area contributed by atoms with Gasteiger partial charge in [0.25, 0.3) is 0 Å². The quantitative estimate of drug-likeness (QED) is 0.0995. The van der Waals surface area contributed by atoms with Gasteiger partial charge in [-0.15, -0.1) is 0 Å². The van der Waals surface area contributed by atoms with E-state index in [9.17, 15) is 20.1 Å². The predicted octanol–water partition coefficient (Wildman–Crippen LogP) is 6.20. The van der Waals surface area contributed by atoms with Crippen molar-refractivity contribution in [2.75, 3.05) is 13.1 Å². The first-order valence-electron chi connectivity index (χ1n) is 16.7. The number of hydrogen-bond donors (Lipinski definition) is 4. The third-order valence-electron chi connectivity index (χ3n) is 8.29. The number of aliphatic hydroxyl groups excluding tert-OH is 3. The van der Waals surface area contributed by atoms with Crippen molar-refractivity contribution >= 4 is 5.91 Å². The van der Waals surface area contributed by atoms with Crippen molar-refractivity contribution in [1.82, 2.24) is 4.90 Å². The van der Waals surface area contributed by atoms with E-state index in [1.54, 1.807) is 4.90 Å². The van der Waals surface area contributed by atoms with Gasteiger partial charge in [0.2, 0.25) is 5.91 Å². The van der Waals surface area contributed by atoms with Crippen molar-refractivity contribution in [3.8, 4) is 0 Å². The molecule has 0 radical (unpaired) electrons. The molecule has 232 valence electrons. The Labute approximate surface area is 240 Å². The molecule has 1 fully saturated rings. The molecule has 1 aliphatic heterocycles. The first-order chi connectivity index (χ1) is 19.0. The van der Waals surface area contributed by atoms with E-state index < -0.39 is 30.6 Å². The Morgan fingerprint density at radius 2 is 1.03 bits per heavy atom.